The number of nitrogens with zero attached hydrogens (tertiary/aromatic N) is 3. The van der Waals surface area contributed by atoms with Crippen molar-refractivity contribution in [3.05, 3.63) is 46.0 Å². The first-order valence-corrected chi connectivity index (χ1v) is 10.2. The van der Waals surface area contributed by atoms with Crippen molar-refractivity contribution in [1.29, 1.82) is 0 Å². The van der Waals surface area contributed by atoms with E-state index in [0.29, 0.717) is 0 Å². The first kappa shape index (κ1) is 17.2. The maximum absolute atomic E-state index is 12.1. The van der Waals surface area contributed by atoms with Crippen molar-refractivity contribution in [3.8, 4) is 11.1 Å². The molecule has 26 heavy (non-hydrogen) atoms. The maximum atomic E-state index is 12.1. The summed E-state index contributed by atoms with van der Waals surface area (Å²) in [6.45, 7) is 1.87. The van der Waals surface area contributed by atoms with Gasteiger partial charge in [0.15, 0.2) is 0 Å². The van der Waals surface area contributed by atoms with Crippen LogP contribution >= 0.6 is 11.9 Å². The van der Waals surface area contributed by atoms with Crippen LogP contribution < -0.4 is 10.3 Å². The van der Waals surface area contributed by atoms with Gasteiger partial charge in [0.25, 0.3) is 5.56 Å². The third-order valence-corrected chi connectivity index (χ3v) is 5.57. The normalized spacial score (nSPS) is 14.2. The summed E-state index contributed by atoms with van der Waals surface area (Å²) in [5.74, 6) is 0.800. The van der Waals surface area contributed by atoms with E-state index in [1.54, 1.807) is 23.6 Å². The number of benzene rings is 1. The van der Waals surface area contributed by atoms with Crippen molar-refractivity contribution in [3.63, 3.8) is 0 Å². The minimum atomic E-state index is 0.0492. The molecule has 0 radical (unpaired) electrons. The van der Waals surface area contributed by atoms with Crippen LogP contribution in [0.5, 0.6) is 0 Å². The molecular weight excluding hydrogens is 344 g/mol. The Labute approximate surface area is 157 Å². The Balaban J connectivity index is 1.93. The van der Waals surface area contributed by atoms with Crippen molar-refractivity contribution in [2.45, 2.75) is 26.2 Å². The van der Waals surface area contributed by atoms with Crippen molar-refractivity contribution in [2.75, 3.05) is 11.0 Å². The summed E-state index contributed by atoms with van der Waals surface area (Å²) in [6, 6.07) is 6.33. The lowest BCUT2D eigenvalue weighted by Crippen LogP contribution is -2.18. The van der Waals surface area contributed by atoms with E-state index in [1.807, 2.05) is 37.2 Å². The van der Waals surface area contributed by atoms with E-state index in [0.717, 1.165) is 40.2 Å². The van der Waals surface area contributed by atoms with Crippen LogP contribution in [0.25, 0.3) is 22.0 Å². The van der Waals surface area contributed by atoms with Crippen LogP contribution in [0.1, 0.15) is 24.1 Å². The molecule has 1 saturated carbocycles. The molecule has 2 aromatic heterocycles. The minimum absolute atomic E-state index is 0.0492. The highest BCUT2D eigenvalue weighted by molar-refractivity contribution is 7.99. The highest BCUT2D eigenvalue weighted by atomic mass is 32.2. The van der Waals surface area contributed by atoms with Gasteiger partial charge in [-0.1, -0.05) is 11.9 Å². The van der Waals surface area contributed by atoms with Gasteiger partial charge in [0.2, 0.25) is 0 Å². The second kappa shape index (κ2) is 6.50. The van der Waals surface area contributed by atoms with Gasteiger partial charge in [0.05, 0.1) is 5.69 Å². The second-order valence-corrected chi connectivity index (χ2v) is 7.88. The first-order chi connectivity index (χ1) is 12.5. The van der Waals surface area contributed by atoms with Crippen molar-refractivity contribution < 1.29 is 0 Å². The summed E-state index contributed by atoms with van der Waals surface area (Å²) in [5, 5.41) is 5.99. The van der Waals surface area contributed by atoms with Gasteiger partial charge in [-0.2, -0.15) is 5.10 Å². The molecule has 0 aliphatic heterocycles. The summed E-state index contributed by atoms with van der Waals surface area (Å²) >= 11 is 1.57. The van der Waals surface area contributed by atoms with E-state index in [9.17, 15) is 4.79 Å². The van der Waals surface area contributed by atoms with Crippen molar-refractivity contribution in [1.82, 2.24) is 14.3 Å². The van der Waals surface area contributed by atoms with E-state index in [-0.39, 0.29) is 5.56 Å². The zero-order valence-corrected chi connectivity index (χ0v) is 16.5. The van der Waals surface area contributed by atoms with Gasteiger partial charge >= 0.3 is 0 Å². The van der Waals surface area contributed by atoms with E-state index < -0.39 is 0 Å². The molecule has 0 atom stereocenters. The molecule has 136 valence electrons. The summed E-state index contributed by atoms with van der Waals surface area (Å²) in [7, 11) is 3.84. The molecule has 0 spiro atoms. The Morgan fingerprint density at radius 1 is 1.23 bits per heavy atom. The SMILES string of the molecule is CSNc1cc(-c2cc(C)c(=O)n(C)c2)cc2c(CC3CC3)n(C)nc12. The Hall–Kier alpha value is -2.21. The predicted molar refractivity (Wildman–Crippen MR) is 110 cm³/mol. The smallest absolute Gasteiger partial charge is 0.253 e. The van der Waals surface area contributed by atoms with Crippen LogP contribution in [0, 0.1) is 12.8 Å². The van der Waals surface area contributed by atoms with Crippen LogP contribution in [0.4, 0.5) is 5.69 Å². The Bertz CT molecular complexity index is 1020. The Morgan fingerprint density at radius 3 is 2.65 bits per heavy atom. The lowest BCUT2D eigenvalue weighted by Gasteiger charge is -2.10. The Kier molecular flexibility index (Phi) is 4.31. The molecule has 1 aromatic carbocycles. The highest BCUT2D eigenvalue weighted by Crippen LogP contribution is 2.38. The molecule has 0 amide bonds. The summed E-state index contributed by atoms with van der Waals surface area (Å²) < 4.78 is 7.07. The molecule has 2 heterocycles. The molecule has 1 aliphatic rings. The zero-order chi connectivity index (χ0) is 18.4. The van der Waals surface area contributed by atoms with E-state index in [2.05, 4.69) is 16.9 Å². The number of hydrogen-bond donors (Lipinski definition) is 1. The average Bonchev–Trinajstić information content (AvgIpc) is 3.37. The number of nitrogens with one attached hydrogen (secondary N) is 1. The monoisotopic (exact) mass is 368 g/mol. The number of pyridine rings is 1. The number of hydrogen-bond acceptors (Lipinski definition) is 4. The van der Waals surface area contributed by atoms with Gasteiger partial charge in [-0.05, 0) is 61.4 Å². The van der Waals surface area contributed by atoms with Gasteiger partial charge in [0, 0.05) is 43.2 Å². The third-order valence-electron chi connectivity index (χ3n) is 5.15. The molecule has 1 aliphatic carbocycles. The van der Waals surface area contributed by atoms with Crippen molar-refractivity contribution >= 4 is 28.5 Å². The van der Waals surface area contributed by atoms with Gasteiger partial charge < -0.3 is 9.29 Å². The van der Waals surface area contributed by atoms with E-state index in [1.165, 1.54) is 23.9 Å². The fourth-order valence-corrected chi connectivity index (χ4v) is 3.95. The van der Waals surface area contributed by atoms with Crippen LogP contribution in [0.3, 0.4) is 0 Å². The quantitative estimate of drug-likeness (QED) is 0.694. The lowest BCUT2D eigenvalue weighted by atomic mass is 10.0. The topological polar surface area (TPSA) is 51.9 Å². The number of fused-ring (bicyclic) bond motifs is 1. The molecule has 1 fully saturated rings. The standard InChI is InChI=1S/C20H24N4OS/c1-12-7-15(11-23(2)20(12)25)14-9-16-18(8-13-5-6-13)24(3)21-19(16)17(10-14)22-26-4/h7,9-11,13,22H,5-6,8H2,1-4H3. The first-order valence-electron chi connectivity index (χ1n) is 8.94. The zero-order valence-electron chi connectivity index (χ0n) is 15.7. The molecule has 3 aromatic rings. The molecule has 0 unspecified atom stereocenters. The van der Waals surface area contributed by atoms with Gasteiger partial charge in [-0.3, -0.25) is 9.48 Å². The molecule has 0 saturated heterocycles. The van der Waals surface area contributed by atoms with Gasteiger partial charge in [0.1, 0.15) is 5.52 Å². The summed E-state index contributed by atoms with van der Waals surface area (Å²) in [6.07, 6.45) is 7.66. The van der Waals surface area contributed by atoms with Crippen LogP contribution in [0.2, 0.25) is 0 Å². The highest BCUT2D eigenvalue weighted by Gasteiger charge is 2.25. The molecule has 4 rings (SSSR count). The summed E-state index contributed by atoms with van der Waals surface area (Å²) in [5.41, 5.74) is 6.31. The predicted octanol–water partition coefficient (Wildman–Crippen LogP) is 3.89. The van der Waals surface area contributed by atoms with Crippen molar-refractivity contribution in [2.24, 2.45) is 20.0 Å². The molecular formula is C20H24N4OS. The maximum Gasteiger partial charge on any atom is 0.253 e. The largest absolute Gasteiger partial charge is 0.328 e. The third kappa shape index (κ3) is 3.03. The lowest BCUT2D eigenvalue weighted by molar-refractivity contribution is 0.684. The number of rotatable bonds is 5. The molecule has 5 nitrogen and oxygen atoms in total. The number of anilines is 1. The average molecular weight is 369 g/mol. The summed E-state index contributed by atoms with van der Waals surface area (Å²) in [4.78, 5) is 12.1. The van der Waals surface area contributed by atoms with Gasteiger partial charge in [-0.15, -0.1) is 0 Å². The number of aryl methyl sites for hydroxylation is 3. The number of aromatic nitrogens is 3. The van der Waals surface area contributed by atoms with Crippen LogP contribution in [-0.4, -0.2) is 20.6 Å². The fourth-order valence-electron chi connectivity index (χ4n) is 3.57. The van der Waals surface area contributed by atoms with Crippen LogP contribution in [-0.2, 0) is 20.5 Å². The second-order valence-electron chi connectivity index (χ2n) is 7.27. The molecule has 6 heteroatoms. The van der Waals surface area contributed by atoms with Gasteiger partial charge in [-0.25, -0.2) is 0 Å². The minimum Gasteiger partial charge on any atom is -0.328 e. The van der Waals surface area contributed by atoms with Crippen LogP contribution in [0.15, 0.2) is 29.2 Å². The Morgan fingerprint density at radius 2 is 2.00 bits per heavy atom. The molecule has 0 bridgehead atoms. The van der Waals surface area contributed by atoms with E-state index >= 15 is 0 Å². The fraction of sp³-hybridized carbons (Fsp3) is 0.400. The van der Waals surface area contributed by atoms with E-state index in [4.69, 9.17) is 5.10 Å². The molecule has 1 N–H and O–H groups in total.